The number of hydrogen-bond donors (Lipinski definition) is 2. The number of pyridine rings is 1. The number of fused-ring (bicyclic) bond motifs is 1. The van der Waals surface area contributed by atoms with Crippen LogP contribution in [0.3, 0.4) is 0 Å². The highest BCUT2D eigenvalue weighted by atomic mass is 16.5. The topological polar surface area (TPSA) is 62.6 Å². The zero-order valence-corrected chi connectivity index (χ0v) is 9.65. The molecule has 0 aliphatic carbocycles. The number of phenolic OH excluding ortho intramolecular Hbond substituents is 1. The summed E-state index contributed by atoms with van der Waals surface area (Å²) in [5, 5.41) is 19.6. The number of aromatic nitrogens is 1. The third-order valence-corrected chi connectivity index (χ3v) is 3.05. The van der Waals surface area contributed by atoms with Crippen LogP contribution in [-0.2, 0) is 6.42 Å². The zero-order valence-electron chi connectivity index (χ0n) is 9.65. The molecule has 4 nitrogen and oxygen atoms in total. The monoisotopic (exact) mass is 243 g/mol. The van der Waals surface area contributed by atoms with Crippen molar-refractivity contribution >= 4 is 0 Å². The van der Waals surface area contributed by atoms with E-state index in [1.165, 1.54) is 0 Å². The van der Waals surface area contributed by atoms with Crippen LogP contribution in [0.25, 0.3) is 0 Å². The first-order valence-electron chi connectivity index (χ1n) is 5.81. The van der Waals surface area contributed by atoms with Crippen LogP contribution in [0.15, 0.2) is 42.6 Å². The van der Waals surface area contributed by atoms with Crippen molar-refractivity contribution in [2.75, 3.05) is 0 Å². The highest BCUT2D eigenvalue weighted by Crippen LogP contribution is 2.34. The molecular formula is C14H13NO3. The second-order valence-electron chi connectivity index (χ2n) is 4.35. The van der Waals surface area contributed by atoms with E-state index >= 15 is 0 Å². The average molecular weight is 243 g/mol. The average Bonchev–Trinajstić information content (AvgIpc) is 2.38. The van der Waals surface area contributed by atoms with Gasteiger partial charge in [0.2, 0.25) is 0 Å². The van der Waals surface area contributed by atoms with Gasteiger partial charge in [-0.15, -0.1) is 0 Å². The minimum atomic E-state index is -0.658. The first kappa shape index (κ1) is 11.0. The van der Waals surface area contributed by atoms with Gasteiger partial charge in [-0.1, -0.05) is 12.1 Å². The van der Waals surface area contributed by atoms with Crippen LogP contribution < -0.4 is 4.74 Å². The smallest absolute Gasteiger partial charge is 0.150 e. The molecule has 1 aliphatic heterocycles. The van der Waals surface area contributed by atoms with E-state index in [4.69, 9.17) is 4.74 Å². The molecular weight excluding hydrogens is 230 g/mol. The lowest BCUT2D eigenvalue weighted by atomic mass is 9.97. The Bertz CT molecular complexity index is 570. The number of benzene rings is 1. The number of nitrogens with zero attached hydrogens (tertiary/aromatic N) is 1. The van der Waals surface area contributed by atoms with Gasteiger partial charge in [0.15, 0.2) is 6.10 Å². The van der Waals surface area contributed by atoms with Gasteiger partial charge in [0, 0.05) is 12.6 Å². The lowest BCUT2D eigenvalue weighted by molar-refractivity contribution is 0.0192. The third-order valence-electron chi connectivity index (χ3n) is 3.05. The number of aromatic hydroxyl groups is 1. The SMILES string of the molecule is Oc1cccc([C@H]2Oc3cccnc3C[C@@H]2O)c1. The van der Waals surface area contributed by atoms with E-state index in [0.717, 1.165) is 11.3 Å². The highest BCUT2D eigenvalue weighted by Gasteiger charge is 2.30. The number of aliphatic hydroxyl groups excluding tert-OH is 1. The maximum absolute atomic E-state index is 10.1. The van der Waals surface area contributed by atoms with Crippen molar-refractivity contribution in [2.24, 2.45) is 0 Å². The maximum atomic E-state index is 10.1. The van der Waals surface area contributed by atoms with E-state index in [1.54, 1.807) is 30.5 Å². The number of rotatable bonds is 1. The van der Waals surface area contributed by atoms with Crippen LogP contribution in [0.4, 0.5) is 0 Å². The molecule has 0 amide bonds. The molecule has 4 heteroatoms. The second kappa shape index (κ2) is 4.31. The summed E-state index contributed by atoms with van der Waals surface area (Å²) in [7, 11) is 0. The fraction of sp³-hybridized carbons (Fsp3) is 0.214. The Morgan fingerprint density at radius 3 is 2.94 bits per heavy atom. The van der Waals surface area contributed by atoms with Gasteiger partial charge in [0.1, 0.15) is 17.6 Å². The first-order valence-corrected chi connectivity index (χ1v) is 5.81. The minimum absolute atomic E-state index is 0.167. The minimum Gasteiger partial charge on any atom is -0.508 e. The van der Waals surface area contributed by atoms with Crippen molar-refractivity contribution in [1.82, 2.24) is 4.98 Å². The molecule has 2 aromatic rings. The highest BCUT2D eigenvalue weighted by molar-refractivity contribution is 5.35. The number of hydrogen-bond acceptors (Lipinski definition) is 4. The predicted molar refractivity (Wildman–Crippen MR) is 65.4 cm³/mol. The van der Waals surface area contributed by atoms with Crippen LogP contribution in [0.1, 0.15) is 17.4 Å². The Hall–Kier alpha value is -2.07. The molecule has 0 saturated heterocycles. The Balaban J connectivity index is 1.96. The molecule has 0 unspecified atom stereocenters. The van der Waals surface area contributed by atoms with E-state index in [2.05, 4.69) is 4.98 Å². The lowest BCUT2D eigenvalue weighted by Gasteiger charge is -2.30. The van der Waals surface area contributed by atoms with Gasteiger partial charge in [0.25, 0.3) is 0 Å². The summed E-state index contributed by atoms with van der Waals surface area (Å²) in [5.41, 5.74) is 1.53. The normalized spacial score (nSPS) is 22.1. The van der Waals surface area contributed by atoms with E-state index in [9.17, 15) is 10.2 Å². The fourth-order valence-corrected chi connectivity index (χ4v) is 2.20. The van der Waals surface area contributed by atoms with Gasteiger partial charge in [-0.05, 0) is 29.8 Å². The van der Waals surface area contributed by atoms with Crippen molar-refractivity contribution in [3.8, 4) is 11.5 Å². The second-order valence-corrected chi connectivity index (χ2v) is 4.35. The van der Waals surface area contributed by atoms with E-state index in [-0.39, 0.29) is 5.75 Å². The van der Waals surface area contributed by atoms with Crippen molar-refractivity contribution in [2.45, 2.75) is 18.6 Å². The summed E-state index contributed by atoms with van der Waals surface area (Å²) in [6, 6.07) is 10.4. The molecule has 0 fully saturated rings. The fourth-order valence-electron chi connectivity index (χ4n) is 2.20. The molecule has 18 heavy (non-hydrogen) atoms. The molecule has 2 atom stereocenters. The van der Waals surface area contributed by atoms with E-state index in [0.29, 0.717) is 12.2 Å². The number of aliphatic hydroxyl groups is 1. The summed E-state index contributed by atoms with van der Waals surface area (Å²) < 4.78 is 5.76. The predicted octanol–water partition coefficient (Wildman–Crippen LogP) is 1.82. The van der Waals surface area contributed by atoms with Crippen LogP contribution >= 0.6 is 0 Å². The van der Waals surface area contributed by atoms with E-state index < -0.39 is 12.2 Å². The summed E-state index contributed by atoms with van der Waals surface area (Å²) in [6.45, 7) is 0. The van der Waals surface area contributed by atoms with Gasteiger partial charge < -0.3 is 14.9 Å². The van der Waals surface area contributed by atoms with Crippen LogP contribution in [-0.4, -0.2) is 21.3 Å². The van der Waals surface area contributed by atoms with Gasteiger partial charge in [0.05, 0.1) is 5.69 Å². The summed E-state index contributed by atoms with van der Waals surface area (Å²) in [4.78, 5) is 4.18. The van der Waals surface area contributed by atoms with Crippen molar-refractivity contribution in [3.63, 3.8) is 0 Å². The molecule has 92 valence electrons. The summed E-state index contributed by atoms with van der Waals surface area (Å²) in [6.07, 6.45) is 1.02. The Morgan fingerprint density at radius 2 is 2.11 bits per heavy atom. The molecule has 1 aromatic carbocycles. The molecule has 0 bridgehead atoms. The van der Waals surface area contributed by atoms with Crippen LogP contribution in [0, 0.1) is 0 Å². The third kappa shape index (κ3) is 1.91. The maximum Gasteiger partial charge on any atom is 0.150 e. The number of phenols is 1. The van der Waals surface area contributed by atoms with Gasteiger partial charge in [-0.2, -0.15) is 0 Å². The van der Waals surface area contributed by atoms with Gasteiger partial charge in [-0.3, -0.25) is 4.98 Å². The Labute approximate surface area is 104 Å². The zero-order chi connectivity index (χ0) is 12.5. The largest absolute Gasteiger partial charge is 0.508 e. The molecule has 2 N–H and O–H groups in total. The summed E-state index contributed by atoms with van der Waals surface area (Å²) >= 11 is 0. The standard InChI is InChI=1S/C14H13NO3/c16-10-4-1-3-9(7-10)14-12(17)8-11-13(18-14)5-2-6-15-11/h1-7,12,14,16-17H,8H2/t12-,14+/m0/s1. The molecule has 0 radical (unpaired) electrons. The molecule has 3 rings (SSSR count). The Morgan fingerprint density at radius 1 is 1.22 bits per heavy atom. The molecule has 1 aliphatic rings. The first-order chi connectivity index (χ1) is 8.74. The van der Waals surface area contributed by atoms with Crippen molar-refractivity contribution < 1.29 is 14.9 Å². The molecule has 0 spiro atoms. The van der Waals surface area contributed by atoms with Crippen LogP contribution in [0.5, 0.6) is 11.5 Å². The lowest BCUT2D eigenvalue weighted by Crippen LogP contribution is -2.30. The van der Waals surface area contributed by atoms with E-state index in [1.807, 2.05) is 12.1 Å². The number of ether oxygens (including phenoxy) is 1. The van der Waals surface area contributed by atoms with Crippen LogP contribution in [0.2, 0.25) is 0 Å². The van der Waals surface area contributed by atoms with Gasteiger partial charge >= 0.3 is 0 Å². The quantitative estimate of drug-likeness (QED) is 0.802. The molecule has 2 heterocycles. The molecule has 0 saturated carbocycles. The summed E-state index contributed by atoms with van der Waals surface area (Å²) in [5.74, 6) is 0.858. The van der Waals surface area contributed by atoms with Crippen molar-refractivity contribution in [3.05, 3.63) is 53.9 Å². The molecule has 1 aromatic heterocycles. The van der Waals surface area contributed by atoms with Crippen molar-refractivity contribution in [1.29, 1.82) is 0 Å². The van der Waals surface area contributed by atoms with Gasteiger partial charge in [-0.25, -0.2) is 0 Å². The Kier molecular flexibility index (Phi) is 2.64.